The van der Waals surface area contributed by atoms with Crippen molar-refractivity contribution in [2.45, 2.75) is 39.3 Å². The molecule has 1 rings (SSSR count). The van der Waals surface area contributed by atoms with Gasteiger partial charge in [0.15, 0.2) is 0 Å². The molecule has 0 aliphatic carbocycles. The third-order valence-electron chi connectivity index (χ3n) is 2.68. The van der Waals surface area contributed by atoms with E-state index in [0.29, 0.717) is 5.02 Å². The topological polar surface area (TPSA) is 70.2 Å². The van der Waals surface area contributed by atoms with Crippen molar-refractivity contribution in [3.05, 3.63) is 34.9 Å². The molecule has 0 spiro atoms. The van der Waals surface area contributed by atoms with Crippen LogP contribution in [-0.4, -0.2) is 24.0 Å². The van der Waals surface area contributed by atoms with Crippen molar-refractivity contribution in [2.24, 2.45) is 0 Å². The highest BCUT2D eigenvalue weighted by atomic mass is 35.5. The highest BCUT2D eigenvalue weighted by molar-refractivity contribution is 6.30. The highest BCUT2D eigenvalue weighted by Gasteiger charge is 2.16. The van der Waals surface area contributed by atoms with Gasteiger partial charge in [-0.1, -0.05) is 23.7 Å². The summed E-state index contributed by atoms with van der Waals surface area (Å²) in [5, 5.41) is 8.66. The first-order valence-electron chi connectivity index (χ1n) is 6.78. The van der Waals surface area contributed by atoms with Crippen molar-refractivity contribution in [2.75, 3.05) is 6.54 Å². The second-order valence-electron chi connectivity index (χ2n) is 5.91. The number of carbonyl (C=O) groups is 2. The monoisotopic (exact) mass is 311 g/mol. The minimum Gasteiger partial charge on any atom is -0.333 e. The van der Waals surface area contributed by atoms with Crippen LogP contribution in [0.15, 0.2) is 24.3 Å². The Balaban J connectivity index is 2.39. The van der Waals surface area contributed by atoms with E-state index in [1.807, 2.05) is 39.8 Å². The second-order valence-corrected chi connectivity index (χ2v) is 6.34. The molecule has 6 heteroatoms. The quantitative estimate of drug-likeness (QED) is 0.800. The van der Waals surface area contributed by atoms with Crippen LogP contribution in [0.5, 0.6) is 0 Å². The standard InChI is InChI=1S/C15H22ClN3O2/c1-10(11-5-7-12(16)8-6-11)17-9-13(20)18-14(21)19-15(2,3)4/h5-8,10,17H,9H2,1-4H3,(H2,18,19,20,21)/t10-/m0/s1. The van der Waals surface area contributed by atoms with Crippen LogP contribution in [0, 0.1) is 0 Å². The van der Waals surface area contributed by atoms with Gasteiger partial charge < -0.3 is 10.6 Å². The van der Waals surface area contributed by atoms with Gasteiger partial charge in [0.25, 0.3) is 0 Å². The zero-order valence-electron chi connectivity index (χ0n) is 12.8. The minimum absolute atomic E-state index is 0.0151. The molecule has 0 aromatic heterocycles. The molecule has 0 radical (unpaired) electrons. The number of rotatable bonds is 4. The van der Waals surface area contributed by atoms with Gasteiger partial charge in [-0.05, 0) is 45.4 Å². The summed E-state index contributed by atoms with van der Waals surface area (Å²) in [6.07, 6.45) is 0. The molecule has 0 unspecified atom stereocenters. The largest absolute Gasteiger partial charge is 0.333 e. The Morgan fingerprint density at radius 3 is 2.29 bits per heavy atom. The summed E-state index contributed by atoms with van der Waals surface area (Å²) >= 11 is 5.82. The molecule has 0 aliphatic rings. The van der Waals surface area contributed by atoms with Gasteiger partial charge in [-0.15, -0.1) is 0 Å². The van der Waals surface area contributed by atoms with Crippen LogP contribution in [0.4, 0.5) is 4.79 Å². The lowest BCUT2D eigenvalue weighted by molar-refractivity contribution is -0.119. The molecule has 0 heterocycles. The molecule has 0 saturated heterocycles. The number of halogens is 1. The summed E-state index contributed by atoms with van der Waals surface area (Å²) in [5.74, 6) is -0.377. The molecule has 3 amide bonds. The smallest absolute Gasteiger partial charge is 0.321 e. The molecular formula is C15H22ClN3O2. The summed E-state index contributed by atoms with van der Waals surface area (Å²) in [4.78, 5) is 23.2. The first-order valence-corrected chi connectivity index (χ1v) is 7.16. The molecule has 116 valence electrons. The number of nitrogens with one attached hydrogen (secondary N) is 3. The maximum atomic E-state index is 11.7. The fourth-order valence-corrected chi connectivity index (χ4v) is 1.78. The van der Waals surface area contributed by atoms with Crippen molar-refractivity contribution in [3.63, 3.8) is 0 Å². The number of carbonyl (C=O) groups excluding carboxylic acids is 2. The van der Waals surface area contributed by atoms with E-state index in [9.17, 15) is 9.59 Å². The predicted octanol–water partition coefficient (Wildman–Crippen LogP) is 2.61. The van der Waals surface area contributed by atoms with Crippen molar-refractivity contribution >= 4 is 23.5 Å². The average molecular weight is 312 g/mol. The van der Waals surface area contributed by atoms with E-state index in [1.165, 1.54) is 0 Å². The third-order valence-corrected chi connectivity index (χ3v) is 2.93. The van der Waals surface area contributed by atoms with Crippen LogP contribution in [0.3, 0.4) is 0 Å². The first kappa shape index (κ1) is 17.5. The molecule has 5 nitrogen and oxygen atoms in total. The van der Waals surface area contributed by atoms with Gasteiger partial charge in [0.05, 0.1) is 6.54 Å². The van der Waals surface area contributed by atoms with E-state index in [-0.39, 0.29) is 24.0 Å². The summed E-state index contributed by atoms with van der Waals surface area (Å²) in [7, 11) is 0. The number of amides is 3. The normalized spacial score (nSPS) is 12.6. The van der Waals surface area contributed by atoms with Crippen LogP contribution in [0.25, 0.3) is 0 Å². The van der Waals surface area contributed by atoms with Gasteiger partial charge in [-0.3, -0.25) is 10.1 Å². The molecule has 21 heavy (non-hydrogen) atoms. The van der Waals surface area contributed by atoms with Crippen LogP contribution in [-0.2, 0) is 4.79 Å². The molecule has 0 aliphatic heterocycles. The Morgan fingerprint density at radius 2 is 1.76 bits per heavy atom. The van der Waals surface area contributed by atoms with Gasteiger partial charge in [0.1, 0.15) is 0 Å². The maximum absolute atomic E-state index is 11.7. The van der Waals surface area contributed by atoms with Crippen LogP contribution in [0.1, 0.15) is 39.3 Å². The predicted molar refractivity (Wildman–Crippen MR) is 84.3 cm³/mol. The van der Waals surface area contributed by atoms with Gasteiger partial charge in [0.2, 0.25) is 5.91 Å². The van der Waals surface area contributed by atoms with Gasteiger partial charge in [-0.25, -0.2) is 4.79 Å². The number of hydrogen-bond donors (Lipinski definition) is 3. The van der Waals surface area contributed by atoms with Gasteiger partial charge >= 0.3 is 6.03 Å². The third kappa shape index (κ3) is 7.11. The molecular weight excluding hydrogens is 290 g/mol. The Hall–Kier alpha value is -1.59. The van der Waals surface area contributed by atoms with Crippen molar-refractivity contribution in [1.82, 2.24) is 16.0 Å². The van der Waals surface area contributed by atoms with E-state index in [0.717, 1.165) is 5.56 Å². The number of urea groups is 1. The number of imide groups is 1. The average Bonchev–Trinajstić information content (AvgIpc) is 2.34. The number of benzene rings is 1. The maximum Gasteiger partial charge on any atom is 0.321 e. The summed E-state index contributed by atoms with van der Waals surface area (Å²) < 4.78 is 0. The Bertz CT molecular complexity index is 495. The first-order chi connectivity index (χ1) is 9.67. The molecule has 3 N–H and O–H groups in total. The summed E-state index contributed by atoms with van der Waals surface area (Å²) in [6, 6.07) is 6.87. The molecule has 0 saturated carbocycles. The van der Waals surface area contributed by atoms with E-state index in [4.69, 9.17) is 11.6 Å². The van der Waals surface area contributed by atoms with Crippen molar-refractivity contribution in [3.8, 4) is 0 Å². The van der Waals surface area contributed by atoms with E-state index < -0.39 is 6.03 Å². The Kier molecular flexibility index (Phi) is 6.18. The SMILES string of the molecule is C[C@H](NCC(=O)NC(=O)NC(C)(C)C)c1ccc(Cl)cc1. The van der Waals surface area contributed by atoms with Crippen molar-refractivity contribution < 1.29 is 9.59 Å². The molecule has 1 aromatic carbocycles. The van der Waals surface area contributed by atoms with Crippen LogP contribution >= 0.6 is 11.6 Å². The second kappa shape index (κ2) is 7.43. The van der Waals surface area contributed by atoms with Gasteiger partial charge in [0, 0.05) is 16.6 Å². The Morgan fingerprint density at radius 1 is 1.19 bits per heavy atom. The van der Waals surface area contributed by atoms with Crippen LogP contribution < -0.4 is 16.0 Å². The van der Waals surface area contributed by atoms with Crippen LogP contribution in [0.2, 0.25) is 5.02 Å². The van der Waals surface area contributed by atoms with Gasteiger partial charge in [-0.2, -0.15) is 0 Å². The zero-order chi connectivity index (χ0) is 16.0. The minimum atomic E-state index is -0.492. The lowest BCUT2D eigenvalue weighted by atomic mass is 10.1. The number of hydrogen-bond acceptors (Lipinski definition) is 3. The molecule has 1 atom stereocenters. The Labute approximate surface area is 130 Å². The lowest BCUT2D eigenvalue weighted by Gasteiger charge is -2.20. The molecule has 0 fully saturated rings. The lowest BCUT2D eigenvalue weighted by Crippen LogP contribution is -2.50. The summed E-state index contributed by atoms with van der Waals surface area (Å²) in [6.45, 7) is 7.53. The fraction of sp³-hybridized carbons (Fsp3) is 0.467. The van der Waals surface area contributed by atoms with E-state index >= 15 is 0 Å². The fourth-order valence-electron chi connectivity index (χ4n) is 1.66. The molecule has 1 aromatic rings. The molecule has 0 bridgehead atoms. The van der Waals surface area contributed by atoms with E-state index in [2.05, 4.69) is 16.0 Å². The highest BCUT2D eigenvalue weighted by Crippen LogP contribution is 2.15. The van der Waals surface area contributed by atoms with E-state index in [1.54, 1.807) is 12.1 Å². The van der Waals surface area contributed by atoms with Crippen molar-refractivity contribution in [1.29, 1.82) is 0 Å². The summed E-state index contributed by atoms with van der Waals surface area (Å²) in [5.41, 5.74) is 0.639. The zero-order valence-corrected chi connectivity index (χ0v) is 13.5.